The molecule has 4 rings (SSSR count). The highest BCUT2D eigenvalue weighted by Crippen LogP contribution is 2.43. The first-order valence-electron chi connectivity index (χ1n) is 9.52. The Hall–Kier alpha value is -3.21. The van der Waals surface area contributed by atoms with Gasteiger partial charge < -0.3 is 19.9 Å². The number of nitrogens with one attached hydrogen (secondary N) is 1. The zero-order chi connectivity index (χ0) is 19.7. The van der Waals surface area contributed by atoms with Crippen molar-refractivity contribution in [2.45, 2.75) is 33.2 Å². The minimum Gasteiger partial charge on any atom is -0.507 e. The van der Waals surface area contributed by atoms with E-state index in [1.807, 2.05) is 49.4 Å². The number of para-hydroxylation sites is 1. The fourth-order valence-corrected chi connectivity index (χ4v) is 3.27. The van der Waals surface area contributed by atoms with Gasteiger partial charge in [0.05, 0.1) is 5.69 Å². The van der Waals surface area contributed by atoms with Crippen molar-refractivity contribution >= 4 is 5.82 Å². The number of rotatable bonds is 5. The lowest BCUT2D eigenvalue weighted by atomic mass is 10.0. The maximum absolute atomic E-state index is 10.4. The van der Waals surface area contributed by atoms with Crippen molar-refractivity contribution < 1.29 is 14.6 Å². The van der Waals surface area contributed by atoms with Gasteiger partial charge in [-0.25, -0.2) is 4.98 Å². The Labute approximate surface area is 165 Å². The molecule has 144 valence electrons. The number of aromatic nitrogens is 1. The second kappa shape index (κ2) is 7.43. The van der Waals surface area contributed by atoms with E-state index in [9.17, 15) is 5.11 Å². The van der Waals surface area contributed by atoms with Crippen molar-refractivity contribution in [3.05, 3.63) is 54.1 Å². The number of phenolic OH excluding ortho intramolecular Hbond substituents is 1. The highest BCUT2D eigenvalue weighted by atomic mass is 16.7. The van der Waals surface area contributed by atoms with Gasteiger partial charge in [0.2, 0.25) is 6.79 Å². The molecule has 1 aliphatic heterocycles. The van der Waals surface area contributed by atoms with Crippen molar-refractivity contribution in [2.24, 2.45) is 0 Å². The van der Waals surface area contributed by atoms with Crippen LogP contribution in [0.3, 0.4) is 0 Å². The molecule has 0 aliphatic carbocycles. The molecular weight excluding hydrogens is 352 g/mol. The van der Waals surface area contributed by atoms with E-state index in [4.69, 9.17) is 14.5 Å². The van der Waals surface area contributed by atoms with Crippen molar-refractivity contribution in [1.82, 2.24) is 4.98 Å². The van der Waals surface area contributed by atoms with E-state index in [1.165, 1.54) is 0 Å². The van der Waals surface area contributed by atoms with Crippen LogP contribution in [0.5, 0.6) is 17.2 Å². The lowest BCUT2D eigenvalue weighted by Crippen LogP contribution is -2.14. The van der Waals surface area contributed by atoms with Crippen LogP contribution < -0.4 is 14.8 Å². The van der Waals surface area contributed by atoms with Crippen LogP contribution in [0.1, 0.15) is 25.8 Å². The van der Waals surface area contributed by atoms with Crippen LogP contribution in [0.4, 0.5) is 5.82 Å². The Bertz CT molecular complexity index is 1020. The third-order valence-electron chi connectivity index (χ3n) is 4.97. The molecule has 0 saturated carbocycles. The first-order valence-corrected chi connectivity index (χ1v) is 9.52. The fraction of sp³-hybridized carbons (Fsp3) is 0.261. The average Bonchev–Trinajstić information content (AvgIpc) is 3.18. The number of anilines is 1. The van der Waals surface area contributed by atoms with E-state index < -0.39 is 0 Å². The quantitative estimate of drug-likeness (QED) is 0.627. The summed E-state index contributed by atoms with van der Waals surface area (Å²) in [6, 6.07) is 15.7. The van der Waals surface area contributed by atoms with Gasteiger partial charge in [-0.05, 0) is 56.2 Å². The molecule has 0 bridgehead atoms. The van der Waals surface area contributed by atoms with Crippen LogP contribution in [0, 0.1) is 6.92 Å². The Balaban J connectivity index is 1.88. The minimum atomic E-state index is 0.211. The average molecular weight is 376 g/mol. The number of fused-ring (bicyclic) bond motifs is 1. The molecule has 2 N–H and O–H groups in total. The highest BCUT2D eigenvalue weighted by molar-refractivity contribution is 5.81. The van der Waals surface area contributed by atoms with Gasteiger partial charge in [0.25, 0.3) is 0 Å². The predicted octanol–water partition coefficient (Wildman–Crippen LogP) is 5.37. The van der Waals surface area contributed by atoms with Gasteiger partial charge in [0, 0.05) is 17.2 Å². The largest absolute Gasteiger partial charge is 0.507 e. The van der Waals surface area contributed by atoms with Crippen LogP contribution in [0.2, 0.25) is 0 Å². The molecule has 28 heavy (non-hydrogen) atoms. The number of aryl methyl sites for hydroxylation is 1. The SMILES string of the molecule is CCC(C)Nc1cc(-c2cccc3c2OCO3)cc(-c2cc(C)ccc2O)n1. The maximum atomic E-state index is 10.4. The Morgan fingerprint density at radius 3 is 2.79 bits per heavy atom. The number of pyridine rings is 1. The lowest BCUT2D eigenvalue weighted by Gasteiger charge is -2.16. The summed E-state index contributed by atoms with van der Waals surface area (Å²) < 4.78 is 11.2. The number of benzene rings is 2. The smallest absolute Gasteiger partial charge is 0.231 e. The summed E-state index contributed by atoms with van der Waals surface area (Å²) in [5.41, 5.74) is 4.38. The summed E-state index contributed by atoms with van der Waals surface area (Å²) in [5, 5.41) is 13.9. The third kappa shape index (κ3) is 3.48. The molecule has 5 heteroatoms. The number of hydrogen-bond acceptors (Lipinski definition) is 5. The molecule has 0 spiro atoms. The number of hydrogen-bond donors (Lipinski definition) is 2. The molecule has 1 unspecified atom stereocenters. The second-order valence-corrected chi connectivity index (χ2v) is 7.14. The van der Waals surface area contributed by atoms with Crippen molar-refractivity contribution in [2.75, 3.05) is 12.1 Å². The molecule has 0 saturated heterocycles. The maximum Gasteiger partial charge on any atom is 0.231 e. The Kier molecular flexibility index (Phi) is 4.82. The van der Waals surface area contributed by atoms with Crippen LogP contribution >= 0.6 is 0 Å². The topological polar surface area (TPSA) is 63.6 Å². The molecule has 1 aromatic heterocycles. The summed E-state index contributed by atoms with van der Waals surface area (Å²) in [7, 11) is 0. The van der Waals surface area contributed by atoms with Gasteiger partial charge in [-0.1, -0.05) is 30.7 Å². The molecule has 2 aromatic carbocycles. The minimum absolute atomic E-state index is 0.211. The summed E-state index contributed by atoms with van der Waals surface area (Å²) in [6.07, 6.45) is 0.981. The summed E-state index contributed by atoms with van der Waals surface area (Å²) in [6.45, 7) is 6.47. The standard InChI is InChI=1S/C23H24N2O3/c1-4-15(3)24-22-12-16(17-6-5-7-21-23(17)28-13-27-21)11-19(25-22)18-10-14(2)8-9-20(18)26/h5-12,15,26H,4,13H2,1-3H3,(H,24,25). The van der Waals surface area contributed by atoms with Crippen molar-refractivity contribution in [3.8, 4) is 39.6 Å². The molecule has 0 amide bonds. The van der Waals surface area contributed by atoms with Gasteiger partial charge >= 0.3 is 0 Å². The van der Waals surface area contributed by atoms with E-state index in [0.717, 1.165) is 40.4 Å². The molecule has 0 radical (unpaired) electrons. The zero-order valence-corrected chi connectivity index (χ0v) is 16.3. The van der Waals surface area contributed by atoms with E-state index in [2.05, 4.69) is 19.2 Å². The first kappa shape index (κ1) is 18.2. The van der Waals surface area contributed by atoms with Crippen molar-refractivity contribution in [3.63, 3.8) is 0 Å². The molecule has 0 fully saturated rings. The van der Waals surface area contributed by atoms with Crippen LogP contribution in [-0.2, 0) is 0 Å². The number of nitrogens with zero attached hydrogens (tertiary/aromatic N) is 1. The van der Waals surface area contributed by atoms with Gasteiger partial charge in [0.15, 0.2) is 11.5 Å². The van der Waals surface area contributed by atoms with Gasteiger partial charge in [-0.15, -0.1) is 0 Å². The monoisotopic (exact) mass is 376 g/mol. The summed E-state index contributed by atoms with van der Waals surface area (Å²) in [4.78, 5) is 4.77. The van der Waals surface area contributed by atoms with Gasteiger partial charge in [-0.2, -0.15) is 0 Å². The predicted molar refractivity (Wildman–Crippen MR) is 111 cm³/mol. The number of aromatic hydroxyl groups is 1. The second-order valence-electron chi connectivity index (χ2n) is 7.14. The summed E-state index contributed by atoms with van der Waals surface area (Å²) >= 11 is 0. The van der Waals surface area contributed by atoms with Gasteiger partial charge in [-0.3, -0.25) is 0 Å². The lowest BCUT2D eigenvalue weighted by molar-refractivity contribution is 0.174. The Morgan fingerprint density at radius 2 is 1.96 bits per heavy atom. The van der Waals surface area contributed by atoms with Crippen LogP contribution in [-0.4, -0.2) is 22.9 Å². The Morgan fingerprint density at radius 1 is 1.11 bits per heavy atom. The first-order chi connectivity index (χ1) is 13.5. The molecule has 1 aliphatic rings. The third-order valence-corrected chi connectivity index (χ3v) is 4.97. The van der Waals surface area contributed by atoms with Crippen molar-refractivity contribution in [1.29, 1.82) is 0 Å². The van der Waals surface area contributed by atoms with E-state index >= 15 is 0 Å². The molecular formula is C23H24N2O3. The molecule has 3 aromatic rings. The van der Waals surface area contributed by atoms with E-state index in [-0.39, 0.29) is 18.6 Å². The van der Waals surface area contributed by atoms with Crippen LogP contribution in [0.15, 0.2) is 48.5 Å². The molecule has 5 nitrogen and oxygen atoms in total. The molecule has 1 atom stereocenters. The number of ether oxygens (including phenoxy) is 2. The summed E-state index contributed by atoms with van der Waals surface area (Å²) in [5.74, 6) is 2.45. The van der Waals surface area contributed by atoms with E-state index in [1.54, 1.807) is 6.07 Å². The van der Waals surface area contributed by atoms with Gasteiger partial charge in [0.1, 0.15) is 11.6 Å². The van der Waals surface area contributed by atoms with E-state index in [0.29, 0.717) is 11.3 Å². The fourth-order valence-electron chi connectivity index (χ4n) is 3.27. The normalized spacial score (nSPS) is 13.4. The highest BCUT2D eigenvalue weighted by Gasteiger charge is 2.20. The zero-order valence-electron chi connectivity index (χ0n) is 16.3. The van der Waals surface area contributed by atoms with Crippen LogP contribution in [0.25, 0.3) is 22.4 Å². The molecule has 2 heterocycles. The number of phenols is 1.